The Labute approximate surface area is 176 Å². The summed E-state index contributed by atoms with van der Waals surface area (Å²) in [6.45, 7) is 0.638. The Hall–Kier alpha value is -3.39. The second-order valence-corrected chi connectivity index (χ2v) is 7.03. The smallest absolute Gasteiger partial charge is 0.329 e. The average Bonchev–Trinajstić information content (AvgIpc) is 3.11. The first-order valence-corrected chi connectivity index (χ1v) is 9.45. The Balaban J connectivity index is 1.64. The van der Waals surface area contributed by atoms with Crippen LogP contribution in [0.2, 0.25) is 5.02 Å². The van der Waals surface area contributed by atoms with Crippen LogP contribution in [0, 0.1) is 5.82 Å². The molecule has 0 fully saturated rings. The molecule has 0 aliphatic rings. The number of aromatic amines is 1. The molecule has 0 aliphatic heterocycles. The molecule has 0 bridgehead atoms. The van der Waals surface area contributed by atoms with Gasteiger partial charge in [0.25, 0.3) is 5.91 Å². The summed E-state index contributed by atoms with van der Waals surface area (Å²) >= 11 is 5.78. The highest BCUT2D eigenvalue weighted by molar-refractivity contribution is 6.30. The van der Waals surface area contributed by atoms with Crippen LogP contribution in [0.1, 0.15) is 12.5 Å². The van der Waals surface area contributed by atoms with Gasteiger partial charge in [-0.3, -0.25) is 9.59 Å². The lowest BCUT2D eigenvalue weighted by Crippen LogP contribution is -2.43. The van der Waals surface area contributed by atoms with E-state index < -0.39 is 36.2 Å². The Bertz CT molecular complexity index is 1100. The minimum atomic E-state index is -0.989. The molecule has 0 saturated carbocycles. The molecule has 1 atom stereocenters. The van der Waals surface area contributed by atoms with Gasteiger partial charge in [-0.15, -0.1) is 0 Å². The van der Waals surface area contributed by atoms with Gasteiger partial charge in [0, 0.05) is 35.5 Å². The van der Waals surface area contributed by atoms with Crippen molar-refractivity contribution in [2.24, 2.45) is 0 Å². The van der Waals surface area contributed by atoms with Gasteiger partial charge < -0.3 is 20.4 Å². The summed E-state index contributed by atoms with van der Waals surface area (Å²) in [7, 11) is 0. The Morgan fingerprint density at radius 2 is 1.97 bits per heavy atom. The second kappa shape index (κ2) is 9.41. The summed E-state index contributed by atoms with van der Waals surface area (Å²) in [4.78, 5) is 39.2. The van der Waals surface area contributed by atoms with Crippen LogP contribution >= 0.6 is 11.6 Å². The molecular formula is C21H19ClFN3O4. The fourth-order valence-corrected chi connectivity index (χ4v) is 3.15. The maximum Gasteiger partial charge on any atom is 0.329 e. The number of hydrogen-bond donors (Lipinski definition) is 3. The van der Waals surface area contributed by atoms with Gasteiger partial charge in [0.15, 0.2) is 6.61 Å². The predicted molar refractivity (Wildman–Crippen MR) is 111 cm³/mol. The van der Waals surface area contributed by atoms with Gasteiger partial charge in [-0.1, -0.05) is 29.8 Å². The van der Waals surface area contributed by atoms with Gasteiger partial charge in [-0.2, -0.15) is 0 Å². The first kappa shape index (κ1) is 21.3. The summed E-state index contributed by atoms with van der Waals surface area (Å²) in [6.07, 6.45) is 1.92. The lowest BCUT2D eigenvalue weighted by molar-refractivity contribution is -0.150. The number of aromatic nitrogens is 1. The Kier molecular flexibility index (Phi) is 6.68. The minimum absolute atomic E-state index is 0.124. The third-order valence-electron chi connectivity index (χ3n) is 4.31. The van der Waals surface area contributed by atoms with E-state index in [1.165, 1.54) is 19.1 Å². The van der Waals surface area contributed by atoms with E-state index >= 15 is 0 Å². The molecule has 3 rings (SSSR count). The normalized spacial score (nSPS) is 11.7. The van der Waals surface area contributed by atoms with E-state index in [4.69, 9.17) is 16.3 Å². The summed E-state index contributed by atoms with van der Waals surface area (Å²) in [5, 5.41) is 5.98. The van der Waals surface area contributed by atoms with Gasteiger partial charge >= 0.3 is 5.97 Å². The molecule has 1 unspecified atom stereocenters. The van der Waals surface area contributed by atoms with Crippen LogP contribution in [0.15, 0.2) is 48.7 Å². The van der Waals surface area contributed by atoms with Crippen LogP contribution in [0.5, 0.6) is 0 Å². The van der Waals surface area contributed by atoms with Crippen molar-refractivity contribution in [1.82, 2.24) is 10.3 Å². The number of rotatable bonds is 7. The molecule has 3 N–H and O–H groups in total. The van der Waals surface area contributed by atoms with Crippen LogP contribution in [0.25, 0.3) is 10.9 Å². The molecule has 0 spiro atoms. The molecule has 2 aromatic carbocycles. The first-order valence-electron chi connectivity index (χ1n) is 9.07. The maximum atomic E-state index is 13.7. The van der Waals surface area contributed by atoms with Gasteiger partial charge in [0.1, 0.15) is 11.9 Å². The van der Waals surface area contributed by atoms with Crippen molar-refractivity contribution in [3.8, 4) is 0 Å². The third kappa shape index (κ3) is 5.36. The lowest BCUT2D eigenvalue weighted by atomic mass is 10.0. The number of carbonyl (C=O) groups is 3. The van der Waals surface area contributed by atoms with Crippen LogP contribution in [-0.4, -0.2) is 35.4 Å². The molecule has 3 aromatic rings. The Morgan fingerprint density at radius 3 is 2.73 bits per heavy atom. The zero-order valence-corrected chi connectivity index (χ0v) is 16.8. The fourth-order valence-electron chi connectivity index (χ4n) is 2.98. The van der Waals surface area contributed by atoms with Crippen molar-refractivity contribution in [1.29, 1.82) is 0 Å². The predicted octanol–water partition coefficient (Wildman–Crippen LogP) is 3.19. The standard InChI is InChI=1S/C21H19ClFN3O4/c1-12(27)25-19(8-13-10-24-17-5-3-2-4-15(13)17)21(29)30-11-20(28)26-18-9-14(22)6-7-16(18)23/h2-7,9-10,19,24H,8,11H2,1H3,(H,25,27)(H,26,28). The molecule has 1 heterocycles. The van der Waals surface area contributed by atoms with Crippen molar-refractivity contribution in [2.45, 2.75) is 19.4 Å². The average molecular weight is 432 g/mol. The first-order chi connectivity index (χ1) is 14.3. The monoisotopic (exact) mass is 431 g/mol. The number of benzene rings is 2. The number of esters is 1. The van der Waals surface area contributed by atoms with Crippen LogP contribution in [0.3, 0.4) is 0 Å². The molecule has 9 heteroatoms. The van der Waals surface area contributed by atoms with Crippen LogP contribution in [0.4, 0.5) is 10.1 Å². The van der Waals surface area contributed by atoms with Crippen LogP contribution < -0.4 is 10.6 Å². The molecule has 30 heavy (non-hydrogen) atoms. The number of amides is 2. The van der Waals surface area contributed by atoms with E-state index in [1.54, 1.807) is 6.20 Å². The van der Waals surface area contributed by atoms with E-state index in [-0.39, 0.29) is 17.1 Å². The fraction of sp³-hybridized carbons (Fsp3) is 0.190. The van der Waals surface area contributed by atoms with Crippen molar-refractivity contribution in [2.75, 3.05) is 11.9 Å². The molecule has 156 valence electrons. The van der Waals surface area contributed by atoms with Gasteiger partial charge in [0.05, 0.1) is 5.69 Å². The molecule has 0 aliphatic carbocycles. The number of fused-ring (bicyclic) bond motifs is 1. The molecule has 0 radical (unpaired) electrons. The molecular weight excluding hydrogens is 413 g/mol. The Morgan fingerprint density at radius 1 is 1.20 bits per heavy atom. The zero-order valence-electron chi connectivity index (χ0n) is 16.0. The number of anilines is 1. The number of hydrogen-bond acceptors (Lipinski definition) is 4. The number of nitrogens with one attached hydrogen (secondary N) is 3. The van der Waals surface area contributed by atoms with Crippen molar-refractivity contribution < 1.29 is 23.5 Å². The summed E-state index contributed by atoms with van der Waals surface area (Å²) in [6, 6.07) is 10.2. The molecule has 1 aromatic heterocycles. The van der Waals surface area contributed by atoms with Crippen molar-refractivity contribution >= 4 is 46.0 Å². The topological polar surface area (TPSA) is 100 Å². The molecule has 7 nitrogen and oxygen atoms in total. The van der Waals surface area contributed by atoms with E-state index in [9.17, 15) is 18.8 Å². The summed E-state index contributed by atoms with van der Waals surface area (Å²) in [5.41, 5.74) is 1.58. The molecule has 2 amide bonds. The van der Waals surface area contributed by atoms with Gasteiger partial charge in [-0.05, 0) is 29.8 Å². The highest BCUT2D eigenvalue weighted by Gasteiger charge is 2.24. The SMILES string of the molecule is CC(=O)NC(Cc1c[nH]c2ccccc12)C(=O)OCC(=O)Nc1cc(Cl)ccc1F. The van der Waals surface area contributed by atoms with Crippen molar-refractivity contribution in [3.05, 3.63) is 65.1 Å². The molecule has 0 saturated heterocycles. The number of para-hydroxylation sites is 1. The number of ether oxygens (including phenoxy) is 1. The van der Waals surface area contributed by atoms with Gasteiger partial charge in [0.2, 0.25) is 5.91 Å². The summed E-state index contributed by atoms with van der Waals surface area (Å²) in [5.74, 6) is -2.60. The van der Waals surface area contributed by atoms with E-state index in [0.29, 0.717) is 0 Å². The maximum absolute atomic E-state index is 13.7. The highest BCUT2D eigenvalue weighted by atomic mass is 35.5. The largest absolute Gasteiger partial charge is 0.454 e. The van der Waals surface area contributed by atoms with Crippen molar-refractivity contribution in [3.63, 3.8) is 0 Å². The highest BCUT2D eigenvalue weighted by Crippen LogP contribution is 2.20. The quantitative estimate of drug-likeness (QED) is 0.500. The third-order valence-corrected chi connectivity index (χ3v) is 4.54. The van der Waals surface area contributed by atoms with E-state index in [2.05, 4.69) is 15.6 Å². The zero-order chi connectivity index (χ0) is 21.7. The summed E-state index contributed by atoms with van der Waals surface area (Å²) < 4.78 is 18.7. The second-order valence-electron chi connectivity index (χ2n) is 6.60. The minimum Gasteiger partial charge on any atom is -0.454 e. The number of halogens is 2. The number of carbonyl (C=O) groups excluding carboxylic acids is 3. The lowest BCUT2D eigenvalue weighted by Gasteiger charge is -2.16. The van der Waals surface area contributed by atoms with Gasteiger partial charge in [-0.25, -0.2) is 9.18 Å². The number of H-pyrrole nitrogens is 1. The van der Waals surface area contributed by atoms with Crippen LogP contribution in [-0.2, 0) is 25.5 Å². The van der Waals surface area contributed by atoms with E-state index in [0.717, 1.165) is 22.5 Å². The van der Waals surface area contributed by atoms with E-state index in [1.807, 2.05) is 24.3 Å².